The molecule has 1 aliphatic rings. The van der Waals surface area contributed by atoms with Gasteiger partial charge in [-0.25, -0.2) is 4.39 Å². The summed E-state index contributed by atoms with van der Waals surface area (Å²) >= 11 is 5.78. The molecule has 1 N–H and O–H groups in total. The van der Waals surface area contributed by atoms with Gasteiger partial charge in [-0.15, -0.1) is 0 Å². The van der Waals surface area contributed by atoms with Crippen molar-refractivity contribution in [3.63, 3.8) is 0 Å². The van der Waals surface area contributed by atoms with Gasteiger partial charge in [0.25, 0.3) is 5.89 Å². The Morgan fingerprint density at radius 2 is 1.76 bits per heavy atom. The van der Waals surface area contributed by atoms with Gasteiger partial charge in [0.1, 0.15) is 5.82 Å². The van der Waals surface area contributed by atoms with Crippen molar-refractivity contribution in [1.82, 2.24) is 20.4 Å². The summed E-state index contributed by atoms with van der Waals surface area (Å²) in [5, 5.41) is 8.23. The molecule has 3 aromatic carbocycles. The summed E-state index contributed by atoms with van der Waals surface area (Å²) in [4.78, 5) is 6.68. The summed E-state index contributed by atoms with van der Waals surface area (Å²) in [6, 6.07) is 24.3. The van der Waals surface area contributed by atoms with E-state index in [0.29, 0.717) is 28.9 Å². The van der Waals surface area contributed by atoms with Gasteiger partial charge in [0.2, 0.25) is 5.82 Å². The zero-order valence-corrected chi connectivity index (χ0v) is 19.6. The first-order chi connectivity index (χ1) is 16.5. The van der Waals surface area contributed by atoms with Crippen LogP contribution in [-0.2, 0) is 6.54 Å². The van der Waals surface area contributed by atoms with Gasteiger partial charge in [-0.05, 0) is 49.3 Å². The SMILES string of the molecule is CC1=C(c2nc(-c3cccc(F)c3)no2)C(c2ccccc2)NC(=S)N1Cc1ccc(C)cc1. The summed E-state index contributed by atoms with van der Waals surface area (Å²) in [6.07, 6.45) is 0. The average molecular weight is 471 g/mol. The molecule has 1 aromatic heterocycles. The lowest BCUT2D eigenvalue weighted by atomic mass is 9.94. The lowest BCUT2D eigenvalue weighted by Crippen LogP contribution is -2.45. The number of aromatic nitrogens is 2. The highest BCUT2D eigenvalue weighted by atomic mass is 32.1. The number of nitrogens with zero attached hydrogens (tertiary/aromatic N) is 3. The van der Waals surface area contributed by atoms with Gasteiger partial charge in [-0.3, -0.25) is 0 Å². The highest BCUT2D eigenvalue weighted by Crippen LogP contribution is 2.37. The molecule has 170 valence electrons. The number of allylic oxidation sites excluding steroid dienone is 1. The fourth-order valence-corrected chi connectivity index (χ4v) is 4.42. The second-order valence-corrected chi connectivity index (χ2v) is 8.68. The largest absolute Gasteiger partial charge is 0.351 e. The van der Waals surface area contributed by atoms with Crippen LogP contribution in [0.1, 0.15) is 35.5 Å². The van der Waals surface area contributed by atoms with Crippen molar-refractivity contribution < 1.29 is 8.91 Å². The molecule has 0 spiro atoms. The van der Waals surface area contributed by atoms with Crippen molar-refractivity contribution in [1.29, 1.82) is 0 Å². The predicted octanol–water partition coefficient (Wildman–Crippen LogP) is 6.05. The molecule has 0 radical (unpaired) electrons. The third kappa shape index (κ3) is 4.34. The third-order valence-electron chi connectivity index (χ3n) is 5.93. The Morgan fingerprint density at radius 3 is 2.50 bits per heavy atom. The van der Waals surface area contributed by atoms with Gasteiger partial charge in [-0.2, -0.15) is 4.98 Å². The second kappa shape index (κ2) is 9.19. The minimum atomic E-state index is -0.352. The van der Waals surface area contributed by atoms with Crippen LogP contribution >= 0.6 is 12.2 Å². The first kappa shape index (κ1) is 22.0. The van der Waals surface area contributed by atoms with Crippen LogP contribution in [0.3, 0.4) is 0 Å². The van der Waals surface area contributed by atoms with Crippen LogP contribution in [-0.4, -0.2) is 20.2 Å². The van der Waals surface area contributed by atoms with E-state index in [1.807, 2.05) is 42.2 Å². The number of rotatable bonds is 5. The number of aryl methyl sites for hydroxylation is 1. The maximum absolute atomic E-state index is 13.8. The molecule has 0 bridgehead atoms. The molecule has 0 fully saturated rings. The smallest absolute Gasteiger partial charge is 0.258 e. The lowest BCUT2D eigenvalue weighted by Gasteiger charge is -2.37. The van der Waals surface area contributed by atoms with Crippen molar-refractivity contribution in [2.24, 2.45) is 0 Å². The lowest BCUT2D eigenvalue weighted by molar-refractivity contribution is 0.396. The number of hydrogen-bond acceptors (Lipinski definition) is 4. The number of benzene rings is 3. The Labute approximate surface area is 202 Å². The monoisotopic (exact) mass is 470 g/mol. The quantitative estimate of drug-likeness (QED) is 0.359. The zero-order chi connectivity index (χ0) is 23.7. The van der Waals surface area contributed by atoms with E-state index in [0.717, 1.165) is 22.4 Å². The Morgan fingerprint density at radius 1 is 1.00 bits per heavy atom. The maximum Gasteiger partial charge on any atom is 0.258 e. The van der Waals surface area contributed by atoms with Crippen LogP contribution in [0.15, 0.2) is 89.1 Å². The van der Waals surface area contributed by atoms with Gasteiger partial charge in [0, 0.05) is 17.8 Å². The molecule has 5 nitrogen and oxygen atoms in total. The summed E-state index contributed by atoms with van der Waals surface area (Å²) in [5.74, 6) is 0.352. The molecule has 1 unspecified atom stereocenters. The van der Waals surface area contributed by atoms with E-state index in [4.69, 9.17) is 16.7 Å². The summed E-state index contributed by atoms with van der Waals surface area (Å²) in [7, 11) is 0. The van der Waals surface area contributed by atoms with Gasteiger partial charge >= 0.3 is 0 Å². The Bertz CT molecular complexity index is 1360. The fraction of sp³-hybridized carbons (Fsp3) is 0.148. The normalized spacial score (nSPS) is 16.0. The average Bonchev–Trinajstić information content (AvgIpc) is 3.33. The molecule has 0 saturated carbocycles. The van der Waals surface area contributed by atoms with Crippen LogP contribution in [0.25, 0.3) is 17.0 Å². The molecular weight excluding hydrogens is 447 g/mol. The van der Waals surface area contributed by atoms with Crippen molar-refractivity contribution in [3.05, 3.63) is 113 Å². The number of thiocarbonyl (C=S) groups is 1. The van der Waals surface area contributed by atoms with Crippen molar-refractivity contribution in [3.8, 4) is 11.4 Å². The molecule has 7 heteroatoms. The fourth-order valence-electron chi connectivity index (χ4n) is 4.10. The first-order valence-corrected chi connectivity index (χ1v) is 11.4. The predicted molar refractivity (Wildman–Crippen MR) is 134 cm³/mol. The van der Waals surface area contributed by atoms with Crippen molar-refractivity contribution in [2.75, 3.05) is 0 Å². The molecular formula is C27H23FN4OS. The van der Waals surface area contributed by atoms with Crippen LogP contribution < -0.4 is 5.32 Å². The van der Waals surface area contributed by atoms with Gasteiger partial charge in [0.15, 0.2) is 5.11 Å². The van der Waals surface area contributed by atoms with E-state index in [1.54, 1.807) is 12.1 Å². The van der Waals surface area contributed by atoms with Gasteiger partial charge in [0.05, 0.1) is 11.6 Å². The second-order valence-electron chi connectivity index (χ2n) is 8.30. The Hall–Kier alpha value is -3.84. The molecule has 5 rings (SSSR count). The van der Waals surface area contributed by atoms with Crippen molar-refractivity contribution in [2.45, 2.75) is 26.4 Å². The van der Waals surface area contributed by atoms with Crippen LogP contribution in [0.5, 0.6) is 0 Å². The minimum Gasteiger partial charge on any atom is -0.351 e. The van der Waals surface area contributed by atoms with E-state index < -0.39 is 0 Å². The molecule has 0 saturated heterocycles. The molecule has 34 heavy (non-hydrogen) atoms. The Balaban J connectivity index is 1.59. The zero-order valence-electron chi connectivity index (χ0n) is 18.8. The maximum atomic E-state index is 13.8. The number of hydrogen-bond donors (Lipinski definition) is 1. The highest BCUT2D eigenvalue weighted by Gasteiger charge is 2.34. The van der Waals surface area contributed by atoms with E-state index in [1.165, 1.54) is 17.7 Å². The topological polar surface area (TPSA) is 54.2 Å². The molecule has 0 aliphatic carbocycles. The summed E-state index contributed by atoms with van der Waals surface area (Å²) in [6.45, 7) is 4.68. The van der Waals surface area contributed by atoms with Crippen LogP contribution in [0.4, 0.5) is 4.39 Å². The van der Waals surface area contributed by atoms with E-state index in [9.17, 15) is 4.39 Å². The Kier molecular flexibility index (Phi) is 5.94. The minimum absolute atomic E-state index is 0.260. The van der Waals surface area contributed by atoms with E-state index in [2.05, 4.69) is 46.6 Å². The van der Waals surface area contributed by atoms with Crippen LogP contribution in [0.2, 0.25) is 0 Å². The number of nitrogens with one attached hydrogen (secondary N) is 1. The van der Waals surface area contributed by atoms with Gasteiger partial charge < -0.3 is 14.7 Å². The summed E-state index contributed by atoms with van der Waals surface area (Å²) in [5.41, 5.74) is 5.68. The third-order valence-corrected chi connectivity index (χ3v) is 6.27. The van der Waals surface area contributed by atoms with Gasteiger partial charge in [-0.1, -0.05) is 77.5 Å². The molecule has 1 aliphatic heterocycles. The van der Waals surface area contributed by atoms with E-state index in [-0.39, 0.29) is 11.9 Å². The van der Waals surface area contributed by atoms with Crippen molar-refractivity contribution >= 4 is 22.9 Å². The van der Waals surface area contributed by atoms with E-state index >= 15 is 0 Å². The van der Waals surface area contributed by atoms with Crippen LogP contribution in [0, 0.1) is 12.7 Å². The molecule has 2 heterocycles. The highest BCUT2D eigenvalue weighted by molar-refractivity contribution is 7.80. The molecule has 4 aromatic rings. The summed E-state index contributed by atoms with van der Waals surface area (Å²) < 4.78 is 19.5. The standard InChI is InChI=1S/C27H23FN4OS/c1-17-11-13-19(14-12-17)16-32-18(2)23(24(29-27(32)34)20-7-4-3-5-8-20)26-30-25(31-33-26)21-9-6-10-22(28)15-21/h3-15,24H,16H2,1-2H3,(H,29,34). The first-order valence-electron chi connectivity index (χ1n) is 11.0. The number of halogens is 1. The molecule has 0 amide bonds. The molecule has 1 atom stereocenters.